The van der Waals surface area contributed by atoms with Crippen molar-refractivity contribution in [1.82, 2.24) is 5.43 Å². The number of carbonyl (C=O) groups is 3. The number of hydrogen-bond acceptors (Lipinski definition) is 5. The van der Waals surface area contributed by atoms with Crippen molar-refractivity contribution in [3.8, 4) is 0 Å². The topological polar surface area (TPSA) is 117 Å². The number of anilines is 2. The van der Waals surface area contributed by atoms with Gasteiger partial charge in [-0.1, -0.05) is 60.7 Å². The summed E-state index contributed by atoms with van der Waals surface area (Å²) in [6.45, 7) is 0. The van der Waals surface area contributed by atoms with Crippen LogP contribution in [0.4, 0.5) is 11.4 Å². The lowest BCUT2D eigenvalue weighted by molar-refractivity contribution is -0.126. The molecule has 3 rings (SSSR count). The number of carbonyl (C=O) groups excluding carboxylic acids is 3. The van der Waals surface area contributed by atoms with Crippen molar-refractivity contribution in [3.63, 3.8) is 0 Å². The molecule has 0 saturated carbocycles. The second-order valence-corrected chi connectivity index (χ2v) is 6.71. The Kier molecular flexibility index (Phi) is 7.58. The van der Waals surface area contributed by atoms with E-state index >= 15 is 0 Å². The Morgan fingerprint density at radius 1 is 0.750 bits per heavy atom. The van der Waals surface area contributed by atoms with E-state index in [1.807, 2.05) is 12.1 Å². The molecule has 0 aliphatic heterocycles. The summed E-state index contributed by atoms with van der Waals surface area (Å²) in [6.07, 6.45) is 2.58. The Bertz CT molecular complexity index is 1080. The molecule has 3 aromatic rings. The van der Waals surface area contributed by atoms with E-state index in [-0.39, 0.29) is 0 Å². The first-order valence-corrected chi connectivity index (χ1v) is 9.69. The van der Waals surface area contributed by atoms with Gasteiger partial charge in [0.25, 0.3) is 5.91 Å². The Hall–Kier alpha value is -4.59. The van der Waals surface area contributed by atoms with E-state index in [4.69, 9.17) is 0 Å². The maximum Gasteiger partial charge on any atom is 0.266 e. The highest BCUT2D eigenvalue weighted by Crippen LogP contribution is 2.23. The van der Waals surface area contributed by atoms with Crippen LogP contribution in [0, 0.1) is 4.91 Å². The molecular weight excluding hydrogens is 408 g/mol. The van der Waals surface area contributed by atoms with Crippen LogP contribution in [-0.4, -0.2) is 17.7 Å². The number of amides is 3. The van der Waals surface area contributed by atoms with Crippen LogP contribution in [0.15, 0.2) is 96.3 Å². The Morgan fingerprint density at radius 2 is 1.31 bits per heavy atom. The third kappa shape index (κ3) is 6.20. The maximum atomic E-state index is 13.1. The van der Waals surface area contributed by atoms with E-state index in [1.165, 1.54) is 6.08 Å². The average Bonchev–Trinajstić information content (AvgIpc) is 2.80. The monoisotopic (exact) mass is 428 g/mol. The molecule has 0 aliphatic rings. The second kappa shape index (κ2) is 11.0. The minimum absolute atomic E-state index is 0.433. The van der Waals surface area contributed by atoms with E-state index in [0.29, 0.717) is 22.5 Å². The van der Waals surface area contributed by atoms with Gasteiger partial charge in [-0.3, -0.25) is 14.4 Å². The van der Waals surface area contributed by atoms with E-state index in [0.717, 1.165) is 6.08 Å². The van der Waals surface area contributed by atoms with Crippen molar-refractivity contribution >= 4 is 35.2 Å². The quantitative estimate of drug-likeness (QED) is 0.219. The molecule has 3 aromatic carbocycles. The van der Waals surface area contributed by atoms with Crippen LogP contribution in [0.1, 0.15) is 17.0 Å². The summed E-state index contributed by atoms with van der Waals surface area (Å²) in [7, 11) is 0. The lowest BCUT2D eigenvalue weighted by atomic mass is 9.95. The van der Waals surface area contributed by atoms with Gasteiger partial charge >= 0.3 is 0 Å². The number of benzene rings is 3. The molecule has 3 N–H and O–H groups in total. The fourth-order valence-corrected chi connectivity index (χ4v) is 2.99. The highest BCUT2D eigenvalue weighted by Gasteiger charge is 2.29. The van der Waals surface area contributed by atoms with Crippen LogP contribution in [0.25, 0.3) is 6.08 Å². The Labute approximate surface area is 184 Å². The third-order valence-corrected chi connectivity index (χ3v) is 4.43. The predicted molar refractivity (Wildman–Crippen MR) is 122 cm³/mol. The van der Waals surface area contributed by atoms with Gasteiger partial charge in [0, 0.05) is 17.5 Å². The van der Waals surface area contributed by atoms with Crippen molar-refractivity contribution in [2.75, 3.05) is 10.6 Å². The van der Waals surface area contributed by atoms with Gasteiger partial charge in [-0.15, -0.1) is 4.91 Å². The molecule has 0 saturated heterocycles. The lowest BCUT2D eigenvalue weighted by Crippen LogP contribution is -2.32. The van der Waals surface area contributed by atoms with Crippen LogP contribution in [-0.2, 0) is 14.4 Å². The standard InChI is InChI=1S/C24H20N4O4/c29-21(27-28-32)15-14-17-8-7-9-18(16-17)22(23(30)25-19-10-3-1-4-11-19)24(31)26-20-12-5-2-6-13-20/h1-16,22H,(H,25,30)(H,26,31)(H,27,29,32)/b15-14+. The molecule has 160 valence electrons. The number of nitrogens with one attached hydrogen (secondary N) is 3. The van der Waals surface area contributed by atoms with E-state index < -0.39 is 23.6 Å². The van der Waals surface area contributed by atoms with Gasteiger partial charge in [0.1, 0.15) is 5.92 Å². The van der Waals surface area contributed by atoms with Gasteiger partial charge in [-0.25, -0.2) is 5.43 Å². The number of rotatable bonds is 8. The molecule has 0 radical (unpaired) electrons. The highest BCUT2D eigenvalue weighted by atomic mass is 16.3. The van der Waals surface area contributed by atoms with Crippen LogP contribution < -0.4 is 16.1 Å². The maximum absolute atomic E-state index is 13.1. The number of hydrogen-bond donors (Lipinski definition) is 3. The number of nitrogens with zero attached hydrogens (tertiary/aromatic N) is 1. The number of nitroso groups, excluding NO2 is 1. The highest BCUT2D eigenvalue weighted by molar-refractivity contribution is 6.15. The molecule has 0 spiro atoms. The first-order valence-electron chi connectivity index (χ1n) is 9.69. The first-order chi connectivity index (χ1) is 15.6. The molecular formula is C24H20N4O4. The molecule has 3 amide bonds. The zero-order valence-electron chi connectivity index (χ0n) is 16.9. The van der Waals surface area contributed by atoms with E-state index in [1.54, 1.807) is 78.2 Å². The Morgan fingerprint density at radius 3 is 1.84 bits per heavy atom. The minimum atomic E-state index is -1.16. The van der Waals surface area contributed by atoms with Crippen molar-refractivity contribution in [1.29, 1.82) is 0 Å². The average molecular weight is 428 g/mol. The van der Waals surface area contributed by atoms with Gasteiger partial charge < -0.3 is 10.6 Å². The zero-order valence-corrected chi connectivity index (χ0v) is 16.9. The Balaban J connectivity index is 1.90. The molecule has 32 heavy (non-hydrogen) atoms. The minimum Gasteiger partial charge on any atom is -0.325 e. The van der Waals surface area contributed by atoms with Crippen molar-refractivity contribution < 1.29 is 14.4 Å². The predicted octanol–water partition coefficient (Wildman–Crippen LogP) is 3.86. The molecule has 8 heteroatoms. The summed E-state index contributed by atoms with van der Waals surface area (Å²) in [5.41, 5.74) is 3.88. The SMILES string of the molecule is O=NNC(=O)/C=C/c1cccc(C(C(=O)Nc2ccccc2)C(=O)Nc2ccccc2)c1. The first kappa shape index (κ1) is 22.1. The summed E-state index contributed by atoms with van der Waals surface area (Å²) in [5.74, 6) is -2.86. The van der Waals surface area contributed by atoms with Crippen LogP contribution in [0.5, 0.6) is 0 Å². The van der Waals surface area contributed by atoms with Crippen LogP contribution >= 0.6 is 0 Å². The normalized spacial score (nSPS) is 10.5. The van der Waals surface area contributed by atoms with Crippen molar-refractivity contribution in [2.45, 2.75) is 5.92 Å². The molecule has 0 heterocycles. The van der Waals surface area contributed by atoms with Crippen LogP contribution in [0.2, 0.25) is 0 Å². The van der Waals surface area contributed by atoms with E-state index in [9.17, 15) is 19.3 Å². The summed E-state index contributed by atoms with van der Waals surface area (Å²) in [6, 6.07) is 24.3. The van der Waals surface area contributed by atoms with Gasteiger partial charge in [-0.05, 0) is 41.5 Å². The smallest absolute Gasteiger partial charge is 0.266 e. The zero-order chi connectivity index (χ0) is 22.8. The molecule has 0 fully saturated rings. The van der Waals surface area contributed by atoms with Crippen molar-refractivity contribution in [3.05, 3.63) is 107 Å². The fraction of sp³-hybridized carbons (Fsp3) is 0.0417. The lowest BCUT2D eigenvalue weighted by Gasteiger charge is -2.18. The van der Waals surface area contributed by atoms with E-state index in [2.05, 4.69) is 15.9 Å². The number of para-hydroxylation sites is 2. The summed E-state index contributed by atoms with van der Waals surface area (Å²) < 4.78 is 0. The summed E-state index contributed by atoms with van der Waals surface area (Å²) >= 11 is 0. The second-order valence-electron chi connectivity index (χ2n) is 6.71. The largest absolute Gasteiger partial charge is 0.325 e. The molecule has 0 aromatic heterocycles. The summed E-state index contributed by atoms with van der Waals surface area (Å²) in [4.78, 5) is 47.8. The summed E-state index contributed by atoms with van der Waals surface area (Å²) in [5, 5.41) is 7.84. The van der Waals surface area contributed by atoms with Crippen LogP contribution in [0.3, 0.4) is 0 Å². The van der Waals surface area contributed by atoms with Gasteiger partial charge in [0.15, 0.2) is 0 Å². The third-order valence-electron chi connectivity index (χ3n) is 4.43. The van der Waals surface area contributed by atoms with Crippen molar-refractivity contribution in [2.24, 2.45) is 5.29 Å². The molecule has 0 unspecified atom stereocenters. The molecule has 0 atom stereocenters. The van der Waals surface area contributed by atoms with Gasteiger partial charge in [0.05, 0.1) is 5.29 Å². The van der Waals surface area contributed by atoms with Gasteiger partial charge in [0.2, 0.25) is 11.8 Å². The molecule has 8 nitrogen and oxygen atoms in total. The van der Waals surface area contributed by atoms with Gasteiger partial charge in [-0.2, -0.15) is 0 Å². The molecule has 0 bridgehead atoms. The fourth-order valence-electron chi connectivity index (χ4n) is 2.99. The molecule has 0 aliphatic carbocycles.